The van der Waals surface area contributed by atoms with Gasteiger partial charge in [0.25, 0.3) is 5.69 Å². The van der Waals surface area contributed by atoms with Crippen molar-refractivity contribution in [3.05, 3.63) is 63.7 Å². The monoisotopic (exact) mass is 302 g/mol. The largest absolute Gasteiger partial charge is 0.378 e. The molecule has 0 aliphatic rings. The average molecular weight is 302 g/mol. The number of anilines is 1. The van der Waals surface area contributed by atoms with Crippen LogP contribution in [0.3, 0.4) is 0 Å². The first-order valence-corrected chi connectivity index (χ1v) is 7.89. The van der Waals surface area contributed by atoms with Crippen LogP contribution in [-0.4, -0.2) is 11.2 Å². The molecule has 21 heavy (non-hydrogen) atoms. The Morgan fingerprint density at radius 1 is 1.19 bits per heavy atom. The summed E-state index contributed by atoms with van der Waals surface area (Å²) in [5.41, 5.74) is 2.72. The summed E-state index contributed by atoms with van der Waals surface area (Å²) in [7, 11) is 0. The zero-order chi connectivity index (χ0) is 15.4. The van der Waals surface area contributed by atoms with Crippen molar-refractivity contribution in [3.63, 3.8) is 0 Å². The highest BCUT2D eigenvalue weighted by atomic mass is 32.2. The fourth-order valence-electron chi connectivity index (χ4n) is 2.12. The molecule has 0 bridgehead atoms. The minimum atomic E-state index is -0.349. The van der Waals surface area contributed by atoms with Crippen LogP contribution in [0.1, 0.15) is 24.1 Å². The van der Waals surface area contributed by atoms with Crippen molar-refractivity contribution in [3.8, 4) is 0 Å². The van der Waals surface area contributed by atoms with Crippen molar-refractivity contribution in [1.29, 1.82) is 0 Å². The third kappa shape index (κ3) is 3.76. The van der Waals surface area contributed by atoms with Gasteiger partial charge in [-0.1, -0.05) is 18.2 Å². The number of nitrogens with one attached hydrogen (secondary N) is 1. The van der Waals surface area contributed by atoms with Gasteiger partial charge in [0.1, 0.15) is 0 Å². The predicted molar refractivity (Wildman–Crippen MR) is 88.1 cm³/mol. The summed E-state index contributed by atoms with van der Waals surface area (Å²) in [6.45, 7) is 3.78. The first-order chi connectivity index (χ1) is 10.0. The molecule has 1 atom stereocenters. The van der Waals surface area contributed by atoms with Gasteiger partial charge in [0.2, 0.25) is 0 Å². The van der Waals surface area contributed by atoms with E-state index in [9.17, 15) is 10.1 Å². The summed E-state index contributed by atoms with van der Waals surface area (Å²) in [4.78, 5) is 11.8. The molecule has 0 saturated carbocycles. The molecule has 0 aromatic heterocycles. The number of hydrogen-bond acceptors (Lipinski definition) is 4. The van der Waals surface area contributed by atoms with Gasteiger partial charge in [-0.3, -0.25) is 10.1 Å². The van der Waals surface area contributed by atoms with Crippen LogP contribution < -0.4 is 5.32 Å². The highest BCUT2D eigenvalue weighted by Gasteiger charge is 2.12. The van der Waals surface area contributed by atoms with Crippen LogP contribution in [-0.2, 0) is 0 Å². The van der Waals surface area contributed by atoms with Gasteiger partial charge < -0.3 is 5.32 Å². The Hall–Kier alpha value is -2.01. The number of nitro benzene ring substituents is 1. The molecule has 0 spiro atoms. The average Bonchev–Trinajstić information content (AvgIpc) is 2.49. The van der Waals surface area contributed by atoms with E-state index >= 15 is 0 Å². The minimum Gasteiger partial charge on any atom is -0.378 e. The zero-order valence-corrected chi connectivity index (χ0v) is 13.1. The molecule has 0 aliphatic heterocycles. The van der Waals surface area contributed by atoms with Crippen LogP contribution in [0, 0.1) is 17.0 Å². The second kappa shape index (κ2) is 6.63. The van der Waals surface area contributed by atoms with E-state index in [2.05, 4.69) is 29.6 Å². The molecule has 2 rings (SSSR count). The molecular weight excluding hydrogens is 284 g/mol. The third-order valence-corrected chi connectivity index (χ3v) is 4.15. The molecule has 110 valence electrons. The Kier molecular flexibility index (Phi) is 4.85. The minimum absolute atomic E-state index is 0.0863. The van der Waals surface area contributed by atoms with Gasteiger partial charge in [0, 0.05) is 28.3 Å². The second-order valence-electron chi connectivity index (χ2n) is 4.90. The Balaban J connectivity index is 2.16. The van der Waals surface area contributed by atoms with Gasteiger partial charge in [-0.05, 0) is 43.9 Å². The van der Waals surface area contributed by atoms with E-state index in [4.69, 9.17) is 0 Å². The lowest BCUT2D eigenvalue weighted by Crippen LogP contribution is -2.07. The summed E-state index contributed by atoms with van der Waals surface area (Å²) in [5, 5.41) is 14.3. The van der Waals surface area contributed by atoms with Crippen molar-refractivity contribution >= 4 is 23.1 Å². The van der Waals surface area contributed by atoms with Gasteiger partial charge in [-0.15, -0.1) is 11.8 Å². The van der Waals surface area contributed by atoms with E-state index in [1.54, 1.807) is 30.8 Å². The third-order valence-electron chi connectivity index (χ3n) is 3.40. The molecule has 0 heterocycles. The highest BCUT2D eigenvalue weighted by molar-refractivity contribution is 7.98. The maximum absolute atomic E-state index is 11.0. The van der Waals surface area contributed by atoms with Crippen molar-refractivity contribution < 1.29 is 4.92 Å². The number of rotatable bonds is 5. The topological polar surface area (TPSA) is 55.2 Å². The summed E-state index contributed by atoms with van der Waals surface area (Å²) < 4.78 is 0. The van der Waals surface area contributed by atoms with E-state index < -0.39 is 0 Å². The number of benzene rings is 2. The number of nitro groups is 1. The maximum atomic E-state index is 11.0. The summed E-state index contributed by atoms with van der Waals surface area (Å²) in [6.07, 6.45) is 2.04. The first kappa shape index (κ1) is 15.4. The van der Waals surface area contributed by atoms with Crippen LogP contribution in [0.2, 0.25) is 0 Å². The summed E-state index contributed by atoms with van der Waals surface area (Å²) >= 11 is 1.70. The van der Waals surface area contributed by atoms with Gasteiger partial charge in [-0.2, -0.15) is 0 Å². The fourth-order valence-corrected chi connectivity index (χ4v) is 2.53. The molecule has 0 radical (unpaired) electrons. The molecule has 1 N–H and O–H groups in total. The lowest BCUT2D eigenvalue weighted by atomic mass is 10.1. The van der Waals surface area contributed by atoms with Crippen molar-refractivity contribution in [2.24, 2.45) is 0 Å². The van der Waals surface area contributed by atoms with Crippen LogP contribution >= 0.6 is 11.8 Å². The molecule has 1 unspecified atom stereocenters. The first-order valence-electron chi connectivity index (χ1n) is 6.67. The molecule has 2 aromatic carbocycles. The highest BCUT2D eigenvalue weighted by Crippen LogP contribution is 2.26. The Morgan fingerprint density at radius 3 is 2.43 bits per heavy atom. The summed E-state index contributed by atoms with van der Waals surface area (Å²) in [6, 6.07) is 13.6. The summed E-state index contributed by atoms with van der Waals surface area (Å²) in [5.74, 6) is 0. The molecular formula is C16H18N2O2S. The normalized spacial score (nSPS) is 12.0. The van der Waals surface area contributed by atoms with E-state index in [0.717, 1.165) is 11.3 Å². The van der Waals surface area contributed by atoms with Gasteiger partial charge in [0.05, 0.1) is 4.92 Å². The maximum Gasteiger partial charge on any atom is 0.274 e. The molecule has 0 aliphatic carbocycles. The SMILES string of the molecule is CSc1ccc(C(C)Nc2ccc(C)c([N+](=O)[O-])c2)cc1. The Bertz CT molecular complexity index is 641. The molecule has 0 fully saturated rings. The van der Waals surface area contributed by atoms with E-state index in [-0.39, 0.29) is 16.7 Å². The lowest BCUT2D eigenvalue weighted by Gasteiger charge is -2.16. The van der Waals surface area contributed by atoms with Crippen LogP contribution in [0.25, 0.3) is 0 Å². The molecule has 5 heteroatoms. The number of aryl methyl sites for hydroxylation is 1. The van der Waals surface area contributed by atoms with Gasteiger partial charge in [-0.25, -0.2) is 0 Å². The fraction of sp³-hybridized carbons (Fsp3) is 0.250. The van der Waals surface area contributed by atoms with E-state index in [1.807, 2.05) is 19.2 Å². The molecule has 0 saturated heterocycles. The lowest BCUT2D eigenvalue weighted by molar-refractivity contribution is -0.385. The van der Waals surface area contributed by atoms with Crippen molar-refractivity contribution in [1.82, 2.24) is 0 Å². The molecule has 2 aromatic rings. The molecule has 0 amide bonds. The van der Waals surface area contributed by atoms with Gasteiger partial charge in [0.15, 0.2) is 0 Å². The Labute approximate surface area is 128 Å². The number of hydrogen-bond donors (Lipinski definition) is 1. The zero-order valence-electron chi connectivity index (χ0n) is 12.3. The molecule has 4 nitrogen and oxygen atoms in total. The van der Waals surface area contributed by atoms with Crippen LogP contribution in [0.4, 0.5) is 11.4 Å². The van der Waals surface area contributed by atoms with Crippen molar-refractivity contribution in [2.45, 2.75) is 24.8 Å². The van der Waals surface area contributed by atoms with Crippen LogP contribution in [0.5, 0.6) is 0 Å². The van der Waals surface area contributed by atoms with E-state index in [0.29, 0.717) is 5.56 Å². The number of thioether (sulfide) groups is 1. The predicted octanol–water partition coefficient (Wildman–Crippen LogP) is 4.80. The van der Waals surface area contributed by atoms with E-state index in [1.165, 1.54) is 4.90 Å². The van der Waals surface area contributed by atoms with Crippen molar-refractivity contribution in [2.75, 3.05) is 11.6 Å². The Morgan fingerprint density at radius 2 is 1.86 bits per heavy atom. The second-order valence-corrected chi connectivity index (χ2v) is 5.78. The smallest absolute Gasteiger partial charge is 0.274 e. The quantitative estimate of drug-likeness (QED) is 0.490. The van der Waals surface area contributed by atoms with Crippen LogP contribution in [0.15, 0.2) is 47.4 Å². The number of nitrogens with zero attached hydrogens (tertiary/aromatic N) is 1. The standard InChI is InChI=1S/C16H18N2O2S/c1-11-4-7-14(10-16(11)18(19)20)17-12(2)13-5-8-15(21-3)9-6-13/h4-10,12,17H,1-3H3. The van der Waals surface area contributed by atoms with Gasteiger partial charge >= 0.3 is 0 Å².